The maximum Gasteiger partial charge on any atom is 0.339 e. The molecular formula is C18H17NO4. The van der Waals surface area contributed by atoms with Gasteiger partial charge in [0.15, 0.2) is 18.1 Å². The number of carbonyl (C=O) groups excluding carboxylic acids is 1. The molecule has 0 fully saturated rings. The Kier molecular flexibility index (Phi) is 6.01. The average Bonchev–Trinajstić information content (AvgIpc) is 2.59. The van der Waals surface area contributed by atoms with Crippen molar-refractivity contribution in [2.45, 2.75) is 13.5 Å². The molecule has 0 N–H and O–H groups in total. The van der Waals surface area contributed by atoms with Crippen LogP contribution in [0.4, 0.5) is 0 Å². The molecule has 1 aromatic heterocycles. The van der Waals surface area contributed by atoms with Crippen molar-refractivity contribution >= 4 is 5.97 Å². The highest BCUT2D eigenvalue weighted by molar-refractivity contribution is 5.90. The van der Waals surface area contributed by atoms with E-state index in [1.807, 2.05) is 19.1 Å². The first-order valence-corrected chi connectivity index (χ1v) is 7.13. The van der Waals surface area contributed by atoms with Gasteiger partial charge in [0.25, 0.3) is 0 Å². The third-order valence-electron chi connectivity index (χ3n) is 2.88. The van der Waals surface area contributed by atoms with Gasteiger partial charge < -0.3 is 14.2 Å². The molecule has 1 aromatic carbocycles. The fourth-order valence-electron chi connectivity index (χ4n) is 1.86. The van der Waals surface area contributed by atoms with E-state index in [1.54, 1.807) is 30.6 Å². The van der Waals surface area contributed by atoms with Crippen molar-refractivity contribution in [3.8, 4) is 23.8 Å². The number of pyridine rings is 1. The molecule has 2 rings (SSSR count). The predicted octanol–water partition coefficient (Wildman–Crippen LogP) is 2.85. The smallest absolute Gasteiger partial charge is 0.339 e. The van der Waals surface area contributed by atoms with E-state index in [9.17, 15) is 4.79 Å². The summed E-state index contributed by atoms with van der Waals surface area (Å²) < 4.78 is 16.2. The molecule has 0 aliphatic carbocycles. The highest BCUT2D eigenvalue weighted by atomic mass is 16.5. The summed E-state index contributed by atoms with van der Waals surface area (Å²) in [6.07, 6.45) is 8.50. The molecule has 0 saturated heterocycles. The van der Waals surface area contributed by atoms with E-state index in [4.69, 9.17) is 20.6 Å². The maximum atomic E-state index is 11.8. The van der Waals surface area contributed by atoms with Crippen molar-refractivity contribution in [3.05, 3.63) is 53.9 Å². The van der Waals surface area contributed by atoms with Crippen LogP contribution >= 0.6 is 0 Å². The van der Waals surface area contributed by atoms with Gasteiger partial charge in [0.1, 0.15) is 6.61 Å². The Morgan fingerprint density at radius 2 is 2.13 bits per heavy atom. The second kappa shape index (κ2) is 8.44. The van der Waals surface area contributed by atoms with Crippen molar-refractivity contribution in [1.82, 2.24) is 4.98 Å². The van der Waals surface area contributed by atoms with E-state index in [2.05, 4.69) is 10.9 Å². The van der Waals surface area contributed by atoms with Gasteiger partial charge in [-0.1, -0.05) is 12.0 Å². The first-order chi connectivity index (χ1) is 11.2. The molecule has 5 heteroatoms. The van der Waals surface area contributed by atoms with Gasteiger partial charge in [-0.15, -0.1) is 6.42 Å². The quantitative estimate of drug-likeness (QED) is 0.581. The summed E-state index contributed by atoms with van der Waals surface area (Å²) in [5.41, 5.74) is 1.30. The van der Waals surface area contributed by atoms with Crippen LogP contribution in [0.2, 0.25) is 0 Å². The lowest BCUT2D eigenvalue weighted by molar-refractivity contribution is 0.0556. The molecule has 2 aromatic rings. The van der Waals surface area contributed by atoms with E-state index in [-0.39, 0.29) is 6.61 Å². The summed E-state index contributed by atoms with van der Waals surface area (Å²) in [6, 6.07) is 8.63. The normalized spacial score (nSPS) is 9.74. The fourth-order valence-corrected chi connectivity index (χ4v) is 1.86. The third kappa shape index (κ3) is 4.75. The van der Waals surface area contributed by atoms with Crippen molar-refractivity contribution in [1.29, 1.82) is 0 Å². The number of aromatic nitrogens is 1. The van der Waals surface area contributed by atoms with E-state index in [0.717, 1.165) is 5.56 Å². The molecule has 0 unspecified atom stereocenters. The van der Waals surface area contributed by atoms with Gasteiger partial charge in [0.2, 0.25) is 0 Å². The van der Waals surface area contributed by atoms with Crippen LogP contribution in [-0.2, 0) is 11.3 Å². The summed E-state index contributed by atoms with van der Waals surface area (Å²) in [4.78, 5) is 15.9. The van der Waals surface area contributed by atoms with E-state index in [0.29, 0.717) is 30.3 Å². The monoisotopic (exact) mass is 311 g/mol. The molecule has 23 heavy (non-hydrogen) atoms. The number of nitrogens with zero attached hydrogens (tertiary/aromatic N) is 1. The number of rotatable bonds is 7. The standard InChI is InChI=1S/C18H17NO4/c1-3-10-22-18(20)15-7-8-16(17(11-15)21-4-2)23-13-14-6-5-9-19-12-14/h1,5-9,11-12H,4,10,13H2,2H3. The van der Waals surface area contributed by atoms with E-state index >= 15 is 0 Å². The van der Waals surface area contributed by atoms with Gasteiger partial charge in [-0.2, -0.15) is 0 Å². The lowest BCUT2D eigenvalue weighted by Crippen LogP contribution is -2.07. The Labute approximate surface area is 135 Å². The number of esters is 1. The van der Waals surface area contributed by atoms with Crippen LogP contribution < -0.4 is 9.47 Å². The number of hydrogen-bond acceptors (Lipinski definition) is 5. The summed E-state index contributed by atoms with van der Waals surface area (Å²) >= 11 is 0. The molecular weight excluding hydrogens is 294 g/mol. The Morgan fingerprint density at radius 1 is 1.26 bits per heavy atom. The zero-order chi connectivity index (χ0) is 16.5. The van der Waals surface area contributed by atoms with Gasteiger partial charge in [-0.05, 0) is 31.2 Å². The Bertz CT molecular complexity index is 692. The molecule has 0 aliphatic rings. The number of carbonyl (C=O) groups is 1. The van der Waals surface area contributed by atoms with Crippen LogP contribution in [0.15, 0.2) is 42.7 Å². The lowest BCUT2D eigenvalue weighted by Gasteiger charge is -2.13. The fraction of sp³-hybridized carbons (Fsp3) is 0.222. The first kappa shape index (κ1) is 16.4. The molecule has 0 spiro atoms. The van der Waals surface area contributed by atoms with Crippen molar-refractivity contribution in [3.63, 3.8) is 0 Å². The van der Waals surface area contributed by atoms with Crippen LogP contribution in [0.1, 0.15) is 22.8 Å². The molecule has 0 atom stereocenters. The summed E-state index contributed by atoms with van der Waals surface area (Å²) in [6.45, 7) is 2.59. The minimum absolute atomic E-state index is 0.0674. The lowest BCUT2D eigenvalue weighted by atomic mass is 10.2. The molecule has 0 bridgehead atoms. The Morgan fingerprint density at radius 3 is 2.83 bits per heavy atom. The van der Waals surface area contributed by atoms with Gasteiger partial charge in [0.05, 0.1) is 12.2 Å². The van der Waals surface area contributed by atoms with Crippen LogP contribution in [-0.4, -0.2) is 24.2 Å². The number of ether oxygens (including phenoxy) is 3. The summed E-state index contributed by atoms with van der Waals surface area (Å²) in [7, 11) is 0. The molecule has 0 saturated carbocycles. The van der Waals surface area contributed by atoms with Crippen LogP contribution in [0, 0.1) is 12.3 Å². The highest BCUT2D eigenvalue weighted by Crippen LogP contribution is 2.29. The molecule has 0 radical (unpaired) electrons. The molecule has 0 aliphatic heterocycles. The molecule has 5 nitrogen and oxygen atoms in total. The van der Waals surface area contributed by atoms with E-state index in [1.165, 1.54) is 0 Å². The SMILES string of the molecule is C#CCOC(=O)c1ccc(OCc2cccnc2)c(OCC)c1. The molecule has 1 heterocycles. The van der Waals surface area contributed by atoms with Crippen molar-refractivity contribution in [2.75, 3.05) is 13.2 Å². The zero-order valence-electron chi connectivity index (χ0n) is 12.8. The predicted molar refractivity (Wildman–Crippen MR) is 85.3 cm³/mol. The average molecular weight is 311 g/mol. The second-order valence-corrected chi connectivity index (χ2v) is 4.52. The summed E-state index contributed by atoms with van der Waals surface area (Å²) in [5.74, 6) is 2.78. The van der Waals surface area contributed by atoms with Crippen LogP contribution in [0.5, 0.6) is 11.5 Å². The minimum atomic E-state index is -0.497. The highest BCUT2D eigenvalue weighted by Gasteiger charge is 2.12. The van der Waals surface area contributed by atoms with Gasteiger partial charge in [0, 0.05) is 18.0 Å². The zero-order valence-corrected chi connectivity index (χ0v) is 12.8. The third-order valence-corrected chi connectivity index (χ3v) is 2.88. The maximum absolute atomic E-state index is 11.8. The summed E-state index contributed by atoms with van der Waals surface area (Å²) in [5, 5.41) is 0. The van der Waals surface area contributed by atoms with Gasteiger partial charge in [-0.3, -0.25) is 4.98 Å². The van der Waals surface area contributed by atoms with Crippen LogP contribution in [0.3, 0.4) is 0 Å². The Balaban J connectivity index is 2.12. The number of benzene rings is 1. The van der Waals surface area contributed by atoms with Crippen LogP contribution in [0.25, 0.3) is 0 Å². The van der Waals surface area contributed by atoms with Crippen molar-refractivity contribution in [2.24, 2.45) is 0 Å². The first-order valence-electron chi connectivity index (χ1n) is 7.13. The largest absolute Gasteiger partial charge is 0.490 e. The van der Waals surface area contributed by atoms with Gasteiger partial charge in [-0.25, -0.2) is 4.79 Å². The minimum Gasteiger partial charge on any atom is -0.490 e. The topological polar surface area (TPSA) is 57.7 Å². The van der Waals surface area contributed by atoms with Gasteiger partial charge >= 0.3 is 5.97 Å². The Hall–Kier alpha value is -3.00. The molecule has 0 amide bonds. The molecule has 118 valence electrons. The second-order valence-electron chi connectivity index (χ2n) is 4.52. The van der Waals surface area contributed by atoms with E-state index < -0.39 is 5.97 Å². The number of terminal acetylenes is 1. The number of hydrogen-bond donors (Lipinski definition) is 0. The van der Waals surface area contributed by atoms with Crippen molar-refractivity contribution < 1.29 is 19.0 Å².